The number of hydrogen-bond donors (Lipinski definition) is 2. The normalized spacial score (nSPS) is 11.1. The predicted molar refractivity (Wildman–Crippen MR) is 96.2 cm³/mol. The van der Waals surface area contributed by atoms with Crippen LogP contribution in [0.4, 0.5) is 5.82 Å². The molecule has 0 atom stereocenters. The van der Waals surface area contributed by atoms with E-state index in [0.717, 1.165) is 10.9 Å². The molecule has 2 aromatic heterocycles. The number of furan rings is 1. The van der Waals surface area contributed by atoms with Gasteiger partial charge in [-0.15, -0.1) is 0 Å². The first-order valence-electron chi connectivity index (χ1n) is 7.83. The van der Waals surface area contributed by atoms with Crippen molar-refractivity contribution in [2.45, 2.75) is 6.92 Å². The zero-order valence-electron chi connectivity index (χ0n) is 14.2. The molecule has 10 heteroatoms. The SMILES string of the molecule is CCN(/N=C/c1ccc(OB(O)O)c(OC)c1)c1ncnc2occc12. The van der Waals surface area contributed by atoms with E-state index in [1.807, 2.05) is 6.92 Å². The molecule has 2 N–H and O–H groups in total. The summed E-state index contributed by atoms with van der Waals surface area (Å²) < 4.78 is 15.3. The molecule has 0 amide bonds. The van der Waals surface area contributed by atoms with E-state index in [9.17, 15) is 0 Å². The highest BCUT2D eigenvalue weighted by molar-refractivity contribution is 6.33. The number of anilines is 1. The number of rotatable bonds is 7. The van der Waals surface area contributed by atoms with Crippen molar-refractivity contribution in [2.24, 2.45) is 5.10 Å². The van der Waals surface area contributed by atoms with E-state index in [4.69, 9.17) is 23.9 Å². The quantitative estimate of drug-likeness (QED) is 0.371. The summed E-state index contributed by atoms with van der Waals surface area (Å²) in [6, 6.07) is 6.74. The molecule has 0 spiro atoms. The molecule has 0 radical (unpaired) electrons. The van der Waals surface area contributed by atoms with E-state index in [1.165, 1.54) is 13.4 Å². The first-order valence-corrected chi connectivity index (χ1v) is 7.83. The zero-order valence-corrected chi connectivity index (χ0v) is 14.2. The summed E-state index contributed by atoms with van der Waals surface area (Å²) in [6.07, 6.45) is 4.62. The van der Waals surface area contributed by atoms with Crippen LogP contribution >= 0.6 is 0 Å². The highest BCUT2D eigenvalue weighted by Gasteiger charge is 2.15. The fourth-order valence-corrected chi connectivity index (χ4v) is 2.38. The maximum absolute atomic E-state index is 8.92. The summed E-state index contributed by atoms with van der Waals surface area (Å²) >= 11 is 0. The van der Waals surface area contributed by atoms with Crippen LogP contribution in [0, 0.1) is 0 Å². The molecular formula is C16H17BN4O5. The fraction of sp³-hybridized carbons (Fsp3) is 0.188. The van der Waals surface area contributed by atoms with E-state index in [-0.39, 0.29) is 5.75 Å². The standard InChI is InChI=1S/C16H17BN4O5/c1-3-21(15-12-6-7-25-16(12)19-10-18-15)20-9-11-4-5-13(26-17(22)23)14(8-11)24-2/h4-10,22-23H,3H2,1-2H3/b20-9+. The lowest BCUT2D eigenvalue weighted by Crippen LogP contribution is -2.21. The molecule has 1 aromatic carbocycles. The molecule has 9 nitrogen and oxygen atoms in total. The Kier molecular flexibility index (Phi) is 5.35. The molecule has 26 heavy (non-hydrogen) atoms. The fourth-order valence-electron chi connectivity index (χ4n) is 2.38. The van der Waals surface area contributed by atoms with Crippen molar-refractivity contribution in [3.8, 4) is 11.5 Å². The molecule has 134 valence electrons. The van der Waals surface area contributed by atoms with Crippen LogP contribution in [0.15, 0.2) is 46.4 Å². The van der Waals surface area contributed by atoms with E-state index in [1.54, 1.807) is 41.8 Å². The molecule has 0 aliphatic heterocycles. The van der Waals surface area contributed by atoms with Gasteiger partial charge in [0.2, 0.25) is 5.71 Å². The van der Waals surface area contributed by atoms with Crippen molar-refractivity contribution in [3.63, 3.8) is 0 Å². The Morgan fingerprint density at radius 1 is 1.27 bits per heavy atom. The third-order valence-electron chi connectivity index (χ3n) is 3.55. The number of hydrogen-bond acceptors (Lipinski definition) is 9. The van der Waals surface area contributed by atoms with Gasteiger partial charge in [-0.05, 0) is 36.8 Å². The van der Waals surface area contributed by atoms with Gasteiger partial charge in [0, 0.05) is 6.54 Å². The topological polar surface area (TPSA) is 113 Å². The van der Waals surface area contributed by atoms with Gasteiger partial charge in [-0.25, -0.2) is 15.0 Å². The largest absolute Gasteiger partial charge is 0.707 e. The van der Waals surface area contributed by atoms with Gasteiger partial charge in [-0.1, -0.05) is 0 Å². The molecule has 0 saturated carbocycles. The minimum absolute atomic E-state index is 0.211. The molecular weight excluding hydrogens is 339 g/mol. The number of aromatic nitrogens is 2. The van der Waals surface area contributed by atoms with E-state index in [2.05, 4.69) is 15.1 Å². The van der Waals surface area contributed by atoms with Gasteiger partial charge in [-0.2, -0.15) is 5.10 Å². The van der Waals surface area contributed by atoms with Gasteiger partial charge >= 0.3 is 7.32 Å². The Hall–Kier alpha value is -3.11. The average molecular weight is 356 g/mol. The molecule has 3 aromatic rings. The Bertz CT molecular complexity index is 915. The Balaban J connectivity index is 1.86. The van der Waals surface area contributed by atoms with Crippen molar-refractivity contribution in [3.05, 3.63) is 42.4 Å². The molecule has 0 aliphatic carbocycles. The van der Waals surface area contributed by atoms with Gasteiger partial charge in [-0.3, -0.25) is 0 Å². The lowest BCUT2D eigenvalue weighted by Gasteiger charge is -2.16. The number of methoxy groups -OCH3 is 1. The highest BCUT2D eigenvalue weighted by Crippen LogP contribution is 2.28. The van der Waals surface area contributed by atoms with Crippen LogP contribution in [0.2, 0.25) is 0 Å². The van der Waals surface area contributed by atoms with Gasteiger partial charge < -0.3 is 23.9 Å². The number of hydrazone groups is 1. The van der Waals surface area contributed by atoms with Crippen molar-refractivity contribution in [1.82, 2.24) is 9.97 Å². The zero-order chi connectivity index (χ0) is 18.5. The summed E-state index contributed by atoms with van der Waals surface area (Å²) in [6.45, 7) is 2.54. The molecule has 0 saturated heterocycles. The Morgan fingerprint density at radius 2 is 2.12 bits per heavy atom. The molecule has 3 rings (SSSR count). The first kappa shape index (κ1) is 17.7. The second-order valence-electron chi connectivity index (χ2n) is 5.15. The summed E-state index contributed by atoms with van der Waals surface area (Å²) in [4.78, 5) is 8.35. The lowest BCUT2D eigenvalue weighted by molar-refractivity contribution is 0.279. The van der Waals surface area contributed by atoms with Gasteiger partial charge in [0.1, 0.15) is 12.1 Å². The second-order valence-corrected chi connectivity index (χ2v) is 5.15. The summed E-state index contributed by atoms with van der Waals surface area (Å²) in [5, 5.41) is 24.8. The van der Waals surface area contributed by atoms with Crippen LogP contribution in [0.25, 0.3) is 11.1 Å². The minimum atomic E-state index is -1.92. The predicted octanol–water partition coefficient (Wildman–Crippen LogP) is 1.44. The van der Waals surface area contributed by atoms with E-state index >= 15 is 0 Å². The molecule has 0 aliphatic rings. The smallest absolute Gasteiger partial charge is 0.509 e. The number of benzene rings is 1. The third kappa shape index (κ3) is 3.76. The Morgan fingerprint density at radius 3 is 2.85 bits per heavy atom. The third-order valence-corrected chi connectivity index (χ3v) is 3.55. The maximum atomic E-state index is 8.92. The monoisotopic (exact) mass is 356 g/mol. The summed E-state index contributed by atoms with van der Waals surface area (Å²) in [5.74, 6) is 1.20. The summed E-state index contributed by atoms with van der Waals surface area (Å²) in [7, 11) is -0.462. The number of fused-ring (bicyclic) bond motifs is 1. The van der Waals surface area contributed by atoms with Crippen LogP contribution in [0.5, 0.6) is 11.5 Å². The molecule has 2 heterocycles. The number of ether oxygens (including phenoxy) is 1. The van der Waals surface area contributed by atoms with Crippen molar-refractivity contribution in [2.75, 3.05) is 18.7 Å². The van der Waals surface area contributed by atoms with Crippen LogP contribution in [-0.4, -0.2) is 47.2 Å². The van der Waals surface area contributed by atoms with Gasteiger partial charge in [0.15, 0.2) is 11.6 Å². The first-order chi connectivity index (χ1) is 12.6. The van der Waals surface area contributed by atoms with Crippen LogP contribution in [0.3, 0.4) is 0 Å². The van der Waals surface area contributed by atoms with Crippen molar-refractivity contribution >= 4 is 30.5 Å². The second kappa shape index (κ2) is 7.85. The van der Waals surface area contributed by atoms with Gasteiger partial charge in [0.05, 0.1) is 25.0 Å². The molecule has 0 fully saturated rings. The van der Waals surface area contributed by atoms with Gasteiger partial charge in [0.25, 0.3) is 0 Å². The maximum Gasteiger partial charge on any atom is 0.707 e. The molecule has 0 unspecified atom stereocenters. The minimum Gasteiger partial charge on any atom is -0.509 e. The Labute approximate surface area is 149 Å². The van der Waals surface area contributed by atoms with E-state index < -0.39 is 7.32 Å². The van der Waals surface area contributed by atoms with Crippen molar-refractivity contribution < 1.29 is 23.9 Å². The van der Waals surface area contributed by atoms with Crippen molar-refractivity contribution in [1.29, 1.82) is 0 Å². The molecule has 0 bridgehead atoms. The average Bonchev–Trinajstić information content (AvgIpc) is 3.12. The van der Waals surface area contributed by atoms with E-state index in [0.29, 0.717) is 23.8 Å². The van der Waals surface area contributed by atoms with Crippen LogP contribution in [0.1, 0.15) is 12.5 Å². The summed E-state index contributed by atoms with van der Waals surface area (Å²) in [5.41, 5.74) is 1.23. The highest BCUT2D eigenvalue weighted by atomic mass is 16.6. The lowest BCUT2D eigenvalue weighted by atomic mass is 10.2. The van der Waals surface area contributed by atoms with Crippen LogP contribution in [-0.2, 0) is 0 Å². The number of nitrogens with zero attached hydrogens (tertiary/aromatic N) is 4. The van der Waals surface area contributed by atoms with Crippen LogP contribution < -0.4 is 14.4 Å².